The van der Waals surface area contributed by atoms with Crippen LogP contribution in [0.3, 0.4) is 0 Å². The van der Waals surface area contributed by atoms with Crippen LogP contribution in [0.1, 0.15) is 62.5 Å². The molecule has 7 heteroatoms. The molecule has 4 aromatic rings. The van der Waals surface area contributed by atoms with Gasteiger partial charge >= 0.3 is 5.63 Å². The van der Waals surface area contributed by atoms with Crippen molar-refractivity contribution in [2.75, 3.05) is 19.0 Å². The molecule has 0 aliphatic carbocycles. The lowest BCUT2D eigenvalue weighted by Crippen LogP contribution is -2.35. The van der Waals surface area contributed by atoms with Crippen molar-refractivity contribution in [1.82, 2.24) is 0 Å². The number of benzene rings is 3. The van der Waals surface area contributed by atoms with Crippen molar-refractivity contribution in [2.24, 2.45) is 0 Å². The van der Waals surface area contributed by atoms with Gasteiger partial charge in [-0.3, -0.25) is 4.79 Å². The predicted octanol–water partition coefficient (Wildman–Crippen LogP) is 7.07. The van der Waals surface area contributed by atoms with E-state index < -0.39 is 17.6 Å². The van der Waals surface area contributed by atoms with Crippen LogP contribution in [0.5, 0.6) is 17.2 Å². The summed E-state index contributed by atoms with van der Waals surface area (Å²) in [5.74, 6) is 0.805. The number of ether oxygens (including phenoxy) is 3. The molecule has 0 bridgehead atoms. The molecule has 7 nitrogen and oxygen atoms in total. The highest BCUT2D eigenvalue weighted by Crippen LogP contribution is 2.44. The predicted molar refractivity (Wildman–Crippen MR) is 156 cm³/mol. The zero-order chi connectivity index (χ0) is 27.9. The lowest BCUT2D eigenvalue weighted by Gasteiger charge is -2.19. The Morgan fingerprint density at radius 3 is 2.33 bits per heavy atom. The molecular formula is C33H35NO6. The van der Waals surface area contributed by atoms with Gasteiger partial charge in [-0.05, 0) is 60.5 Å². The minimum Gasteiger partial charge on any atom is -0.497 e. The maximum Gasteiger partial charge on any atom is 0.344 e. The Morgan fingerprint density at radius 2 is 1.57 bits per heavy atom. The van der Waals surface area contributed by atoms with Gasteiger partial charge in [-0.25, -0.2) is 4.79 Å². The molecule has 5 rings (SSSR count). The van der Waals surface area contributed by atoms with E-state index >= 15 is 0 Å². The highest BCUT2D eigenvalue weighted by Gasteiger charge is 2.44. The zero-order valence-electron chi connectivity index (χ0n) is 23.0. The molecular weight excluding hydrogens is 506 g/mol. The number of carbonyl (C=O) groups is 1. The first-order valence-electron chi connectivity index (χ1n) is 14.0. The van der Waals surface area contributed by atoms with Crippen LogP contribution in [0.15, 0.2) is 82.0 Å². The highest BCUT2D eigenvalue weighted by atomic mass is 16.5. The minimum atomic E-state index is -0.972. The van der Waals surface area contributed by atoms with Gasteiger partial charge in [-0.2, -0.15) is 0 Å². The molecule has 0 saturated carbocycles. The van der Waals surface area contributed by atoms with Crippen LogP contribution in [-0.4, -0.2) is 25.7 Å². The van der Waals surface area contributed by atoms with Crippen molar-refractivity contribution in [1.29, 1.82) is 0 Å². The summed E-state index contributed by atoms with van der Waals surface area (Å²) in [6, 6.07) is 21.8. The van der Waals surface area contributed by atoms with Crippen molar-refractivity contribution in [3.63, 3.8) is 0 Å². The summed E-state index contributed by atoms with van der Waals surface area (Å²) < 4.78 is 23.1. The third-order valence-corrected chi connectivity index (χ3v) is 7.28. The molecule has 1 aliphatic rings. The fourth-order valence-corrected chi connectivity index (χ4v) is 5.16. The summed E-state index contributed by atoms with van der Waals surface area (Å²) in [5.41, 5.74) is 1.61. The Labute approximate surface area is 234 Å². The molecule has 0 saturated heterocycles. The molecule has 3 aromatic carbocycles. The van der Waals surface area contributed by atoms with Gasteiger partial charge in [-0.15, -0.1) is 0 Å². The fourth-order valence-electron chi connectivity index (χ4n) is 5.16. The van der Waals surface area contributed by atoms with Crippen LogP contribution >= 0.6 is 0 Å². The second kappa shape index (κ2) is 12.7. The monoisotopic (exact) mass is 541 g/mol. The van der Waals surface area contributed by atoms with E-state index in [1.165, 1.54) is 25.7 Å². The molecule has 1 N–H and O–H groups in total. The third-order valence-electron chi connectivity index (χ3n) is 7.28. The standard InChI is InChI=1S/C33H35NO6/c1-3-4-5-6-7-10-21-38-25-17-13-22(14-18-25)28-29-30(26-11-8-9-12-27(26)39-33(29)36)40-31(28)32(35)34-23-15-19-24(37-2)20-16-23/h8-9,11-20,28,31H,3-7,10,21H2,1-2H3,(H,34,35). The Kier molecular flexibility index (Phi) is 8.69. The van der Waals surface area contributed by atoms with E-state index in [1.807, 2.05) is 36.4 Å². The molecule has 1 aromatic heterocycles. The maximum absolute atomic E-state index is 13.6. The normalized spacial score (nSPS) is 15.8. The number of hydrogen-bond acceptors (Lipinski definition) is 6. The summed E-state index contributed by atoms with van der Waals surface area (Å²) in [4.78, 5) is 26.8. The third kappa shape index (κ3) is 5.98. The smallest absolute Gasteiger partial charge is 0.344 e. The fraction of sp³-hybridized carbons (Fsp3) is 0.333. The van der Waals surface area contributed by atoms with Crippen LogP contribution in [0.25, 0.3) is 11.0 Å². The van der Waals surface area contributed by atoms with E-state index in [0.29, 0.717) is 40.3 Å². The number of nitrogens with one attached hydrogen (secondary N) is 1. The number of amides is 1. The Balaban J connectivity index is 1.39. The van der Waals surface area contributed by atoms with Gasteiger partial charge in [0.05, 0.1) is 30.6 Å². The summed E-state index contributed by atoms with van der Waals surface area (Å²) in [7, 11) is 1.59. The summed E-state index contributed by atoms with van der Waals surface area (Å²) in [6.07, 6.45) is 6.22. The number of fused-ring (bicyclic) bond motifs is 3. The topological polar surface area (TPSA) is 87.0 Å². The number of unbranched alkanes of at least 4 members (excludes halogenated alkanes) is 5. The van der Waals surface area contributed by atoms with E-state index in [4.69, 9.17) is 18.6 Å². The molecule has 0 radical (unpaired) electrons. The highest BCUT2D eigenvalue weighted by molar-refractivity contribution is 5.97. The number of anilines is 1. The molecule has 1 amide bonds. The first-order valence-corrected chi connectivity index (χ1v) is 14.0. The van der Waals surface area contributed by atoms with Crippen molar-refractivity contribution in [3.05, 3.63) is 94.3 Å². The van der Waals surface area contributed by atoms with Gasteiger partial charge < -0.3 is 23.9 Å². The van der Waals surface area contributed by atoms with Gasteiger partial charge in [0.1, 0.15) is 22.8 Å². The number of rotatable bonds is 12. The SMILES string of the molecule is CCCCCCCCOc1ccc(C2c3c(c4ccccc4oc3=O)OC2C(=O)Nc2ccc(OC)cc2)cc1. The second-order valence-electron chi connectivity index (χ2n) is 10.0. The minimum absolute atomic E-state index is 0.342. The van der Waals surface area contributed by atoms with Crippen LogP contribution in [0.2, 0.25) is 0 Å². The Bertz CT molecular complexity index is 1490. The second-order valence-corrected chi connectivity index (χ2v) is 10.0. The van der Waals surface area contributed by atoms with Crippen molar-refractivity contribution < 1.29 is 23.4 Å². The van der Waals surface area contributed by atoms with E-state index in [1.54, 1.807) is 43.5 Å². The van der Waals surface area contributed by atoms with Crippen molar-refractivity contribution in [3.8, 4) is 17.2 Å². The van der Waals surface area contributed by atoms with Gasteiger partial charge in [0.2, 0.25) is 0 Å². The molecule has 2 unspecified atom stereocenters. The van der Waals surface area contributed by atoms with Gasteiger partial charge in [0, 0.05) is 5.69 Å². The van der Waals surface area contributed by atoms with E-state index in [-0.39, 0.29) is 5.91 Å². The quantitative estimate of drug-likeness (QED) is 0.152. The van der Waals surface area contributed by atoms with Crippen molar-refractivity contribution in [2.45, 2.75) is 57.5 Å². The van der Waals surface area contributed by atoms with E-state index in [0.717, 1.165) is 24.2 Å². The average molecular weight is 542 g/mol. The first kappa shape index (κ1) is 27.3. The zero-order valence-corrected chi connectivity index (χ0v) is 23.0. The van der Waals surface area contributed by atoms with Crippen molar-refractivity contribution >= 4 is 22.6 Å². The molecule has 2 atom stereocenters. The van der Waals surface area contributed by atoms with E-state index in [9.17, 15) is 9.59 Å². The van der Waals surface area contributed by atoms with Crippen LogP contribution in [0.4, 0.5) is 5.69 Å². The number of methoxy groups -OCH3 is 1. The lowest BCUT2D eigenvalue weighted by molar-refractivity contribution is -0.122. The van der Waals surface area contributed by atoms with Gasteiger partial charge in [-0.1, -0.05) is 63.3 Å². The molecule has 1 aliphatic heterocycles. The maximum atomic E-state index is 13.6. The van der Waals surface area contributed by atoms with Crippen LogP contribution < -0.4 is 25.2 Å². The Hall–Kier alpha value is -4.26. The molecule has 208 valence electrons. The van der Waals surface area contributed by atoms with Gasteiger partial charge in [0.15, 0.2) is 6.10 Å². The molecule has 40 heavy (non-hydrogen) atoms. The van der Waals surface area contributed by atoms with E-state index in [2.05, 4.69) is 12.2 Å². The largest absolute Gasteiger partial charge is 0.497 e. The molecule has 2 heterocycles. The molecule has 0 spiro atoms. The molecule has 0 fully saturated rings. The first-order chi connectivity index (χ1) is 19.6. The average Bonchev–Trinajstić information content (AvgIpc) is 3.39. The number of para-hydroxylation sites is 1. The van der Waals surface area contributed by atoms with Crippen LogP contribution in [-0.2, 0) is 4.79 Å². The lowest BCUT2D eigenvalue weighted by atomic mass is 9.88. The summed E-state index contributed by atoms with van der Waals surface area (Å²) in [6.45, 7) is 2.87. The summed E-state index contributed by atoms with van der Waals surface area (Å²) >= 11 is 0. The Morgan fingerprint density at radius 1 is 0.875 bits per heavy atom. The number of carbonyl (C=O) groups excluding carboxylic acids is 1. The summed E-state index contributed by atoms with van der Waals surface area (Å²) in [5, 5.41) is 3.58. The number of hydrogen-bond donors (Lipinski definition) is 1. The van der Waals surface area contributed by atoms with Gasteiger partial charge in [0.25, 0.3) is 5.91 Å². The van der Waals surface area contributed by atoms with Crippen LogP contribution in [0, 0.1) is 0 Å².